The van der Waals surface area contributed by atoms with E-state index < -0.39 is 10.0 Å². The summed E-state index contributed by atoms with van der Waals surface area (Å²) < 4.78 is 27.2. The minimum absolute atomic E-state index is 0. The third kappa shape index (κ3) is 4.07. The van der Waals surface area contributed by atoms with Crippen LogP contribution < -0.4 is 10.0 Å². The molecule has 0 spiro atoms. The molecule has 0 radical (unpaired) electrons. The molecule has 19 heavy (non-hydrogen) atoms. The molecule has 0 saturated carbocycles. The molecule has 1 fully saturated rings. The van der Waals surface area contributed by atoms with Gasteiger partial charge in [0.25, 0.3) is 0 Å². The molecule has 1 saturated heterocycles. The van der Waals surface area contributed by atoms with Crippen LogP contribution in [0, 0.1) is 0 Å². The van der Waals surface area contributed by atoms with Gasteiger partial charge in [0.05, 0.1) is 5.02 Å². The van der Waals surface area contributed by atoms with Gasteiger partial charge in [-0.1, -0.05) is 23.7 Å². The Bertz CT molecular complexity index is 522. The van der Waals surface area contributed by atoms with Crippen LogP contribution in [-0.4, -0.2) is 27.0 Å². The number of sulfonamides is 1. The van der Waals surface area contributed by atoms with Crippen molar-refractivity contribution in [1.82, 2.24) is 10.0 Å². The van der Waals surface area contributed by atoms with Crippen LogP contribution in [0.2, 0.25) is 5.02 Å². The predicted octanol–water partition coefficient (Wildman–Crippen LogP) is 2.18. The highest BCUT2D eigenvalue weighted by Crippen LogP contribution is 2.21. The van der Waals surface area contributed by atoms with Gasteiger partial charge in [-0.05, 0) is 38.4 Å². The number of benzene rings is 1. The number of nitrogens with one attached hydrogen (secondary N) is 2. The maximum absolute atomic E-state index is 12.2. The van der Waals surface area contributed by atoms with Crippen molar-refractivity contribution in [3.8, 4) is 0 Å². The Morgan fingerprint density at radius 2 is 2.05 bits per heavy atom. The zero-order valence-corrected chi connectivity index (χ0v) is 13.0. The van der Waals surface area contributed by atoms with Crippen LogP contribution in [0.1, 0.15) is 19.8 Å². The highest BCUT2D eigenvalue weighted by atomic mass is 35.5. The van der Waals surface area contributed by atoms with Gasteiger partial charge in [-0.15, -0.1) is 12.4 Å². The largest absolute Gasteiger partial charge is 0.313 e. The van der Waals surface area contributed by atoms with Crippen LogP contribution in [0.5, 0.6) is 0 Å². The Balaban J connectivity index is 0.00000180. The molecular weight excluding hydrogens is 307 g/mol. The van der Waals surface area contributed by atoms with Crippen molar-refractivity contribution in [2.75, 3.05) is 6.54 Å². The molecule has 108 valence electrons. The van der Waals surface area contributed by atoms with E-state index in [-0.39, 0.29) is 34.4 Å². The maximum Gasteiger partial charge on any atom is 0.242 e. The SMILES string of the molecule is CC1NCCCC1NS(=O)(=O)c1ccccc1Cl.Cl. The van der Waals surface area contributed by atoms with Gasteiger partial charge in [-0.2, -0.15) is 0 Å². The molecule has 1 aromatic rings. The molecule has 1 aliphatic heterocycles. The van der Waals surface area contributed by atoms with Gasteiger partial charge >= 0.3 is 0 Å². The average Bonchev–Trinajstić information content (AvgIpc) is 2.32. The topological polar surface area (TPSA) is 58.2 Å². The second-order valence-electron chi connectivity index (χ2n) is 4.54. The smallest absolute Gasteiger partial charge is 0.242 e. The molecular formula is C12H18Cl2N2O2S. The molecule has 4 nitrogen and oxygen atoms in total. The Hall–Kier alpha value is -0.330. The summed E-state index contributed by atoms with van der Waals surface area (Å²) in [6.45, 7) is 2.92. The second-order valence-corrected chi connectivity index (χ2v) is 6.63. The molecule has 2 atom stereocenters. The molecule has 2 N–H and O–H groups in total. The van der Waals surface area contributed by atoms with E-state index in [0.29, 0.717) is 0 Å². The van der Waals surface area contributed by atoms with Crippen LogP contribution in [0.4, 0.5) is 0 Å². The van der Waals surface area contributed by atoms with Gasteiger partial charge in [0.2, 0.25) is 10.0 Å². The van der Waals surface area contributed by atoms with E-state index in [0.717, 1.165) is 19.4 Å². The molecule has 0 aliphatic carbocycles. The van der Waals surface area contributed by atoms with Crippen molar-refractivity contribution < 1.29 is 8.42 Å². The minimum atomic E-state index is -3.55. The molecule has 7 heteroatoms. The van der Waals surface area contributed by atoms with Crippen molar-refractivity contribution in [1.29, 1.82) is 0 Å². The first-order valence-corrected chi connectivity index (χ1v) is 7.87. The van der Waals surface area contributed by atoms with Crippen molar-refractivity contribution in [2.45, 2.75) is 36.7 Å². The Morgan fingerprint density at radius 1 is 1.37 bits per heavy atom. The van der Waals surface area contributed by atoms with E-state index in [4.69, 9.17) is 11.6 Å². The van der Waals surface area contributed by atoms with Crippen molar-refractivity contribution >= 4 is 34.0 Å². The lowest BCUT2D eigenvalue weighted by molar-refractivity contribution is 0.349. The Kier molecular flexibility index (Phi) is 6.08. The average molecular weight is 325 g/mol. The highest BCUT2D eigenvalue weighted by molar-refractivity contribution is 7.89. The normalized spacial score (nSPS) is 23.7. The predicted molar refractivity (Wildman–Crippen MR) is 79.5 cm³/mol. The summed E-state index contributed by atoms with van der Waals surface area (Å²) >= 11 is 5.93. The van der Waals surface area contributed by atoms with Crippen molar-refractivity contribution in [3.63, 3.8) is 0 Å². The number of hydrogen-bond acceptors (Lipinski definition) is 3. The maximum atomic E-state index is 12.2. The van der Waals surface area contributed by atoms with E-state index in [9.17, 15) is 8.42 Å². The van der Waals surface area contributed by atoms with E-state index in [1.807, 2.05) is 6.92 Å². The van der Waals surface area contributed by atoms with Gasteiger partial charge in [0.15, 0.2) is 0 Å². The summed E-state index contributed by atoms with van der Waals surface area (Å²) in [6, 6.07) is 6.54. The quantitative estimate of drug-likeness (QED) is 0.896. The standard InChI is InChI=1S/C12H17ClN2O2S.ClH/c1-9-11(6-4-8-14-9)15-18(16,17)12-7-3-2-5-10(12)13;/h2-3,5,7,9,11,14-15H,4,6,8H2,1H3;1H. The van der Waals surface area contributed by atoms with Crippen molar-refractivity contribution in [3.05, 3.63) is 29.3 Å². The summed E-state index contributed by atoms with van der Waals surface area (Å²) in [5.74, 6) is 0. The summed E-state index contributed by atoms with van der Waals surface area (Å²) in [5.41, 5.74) is 0. The third-order valence-electron chi connectivity index (χ3n) is 3.19. The van der Waals surface area contributed by atoms with E-state index >= 15 is 0 Å². The lowest BCUT2D eigenvalue weighted by Crippen LogP contribution is -2.51. The summed E-state index contributed by atoms with van der Waals surface area (Å²) in [5, 5.41) is 3.51. The van der Waals surface area contributed by atoms with Gasteiger partial charge in [0, 0.05) is 12.1 Å². The number of hydrogen-bond donors (Lipinski definition) is 2. The van der Waals surface area contributed by atoms with Crippen LogP contribution in [-0.2, 0) is 10.0 Å². The lowest BCUT2D eigenvalue weighted by atomic mass is 10.0. The zero-order valence-electron chi connectivity index (χ0n) is 10.6. The van der Waals surface area contributed by atoms with Crippen LogP contribution in [0.3, 0.4) is 0 Å². The summed E-state index contributed by atoms with van der Waals surface area (Å²) in [4.78, 5) is 0.143. The summed E-state index contributed by atoms with van der Waals surface area (Å²) in [6.07, 6.45) is 1.82. The fourth-order valence-corrected chi connectivity index (χ4v) is 4.00. The van der Waals surface area contributed by atoms with Crippen LogP contribution in [0.15, 0.2) is 29.2 Å². The molecule has 2 unspecified atom stereocenters. The first-order chi connectivity index (χ1) is 8.50. The zero-order chi connectivity index (χ0) is 13.2. The fourth-order valence-electron chi connectivity index (χ4n) is 2.13. The molecule has 2 rings (SSSR count). The molecule has 0 aromatic heterocycles. The Morgan fingerprint density at radius 3 is 2.68 bits per heavy atom. The van der Waals surface area contributed by atoms with E-state index in [2.05, 4.69) is 10.0 Å². The first-order valence-electron chi connectivity index (χ1n) is 6.01. The highest BCUT2D eigenvalue weighted by Gasteiger charge is 2.27. The van der Waals surface area contributed by atoms with Gasteiger partial charge in [-0.3, -0.25) is 0 Å². The van der Waals surface area contributed by atoms with Crippen LogP contribution in [0.25, 0.3) is 0 Å². The molecule has 0 amide bonds. The molecule has 1 aromatic carbocycles. The van der Waals surface area contributed by atoms with Crippen LogP contribution >= 0.6 is 24.0 Å². The first kappa shape index (κ1) is 16.7. The number of piperidine rings is 1. The van der Waals surface area contributed by atoms with Gasteiger partial charge < -0.3 is 5.32 Å². The number of halogens is 2. The van der Waals surface area contributed by atoms with E-state index in [1.165, 1.54) is 6.07 Å². The molecule has 1 aliphatic rings. The fraction of sp³-hybridized carbons (Fsp3) is 0.500. The third-order valence-corrected chi connectivity index (χ3v) is 5.18. The minimum Gasteiger partial charge on any atom is -0.313 e. The summed E-state index contributed by atoms with van der Waals surface area (Å²) in [7, 11) is -3.55. The van der Waals surface area contributed by atoms with E-state index in [1.54, 1.807) is 18.2 Å². The Labute approximate surface area is 125 Å². The molecule has 1 heterocycles. The van der Waals surface area contributed by atoms with Crippen molar-refractivity contribution in [2.24, 2.45) is 0 Å². The lowest BCUT2D eigenvalue weighted by Gasteiger charge is -2.30. The number of rotatable bonds is 3. The van der Waals surface area contributed by atoms with Gasteiger partial charge in [-0.25, -0.2) is 13.1 Å². The van der Waals surface area contributed by atoms with Gasteiger partial charge in [0.1, 0.15) is 4.90 Å². The monoisotopic (exact) mass is 324 g/mol. The molecule has 0 bridgehead atoms. The second kappa shape index (κ2) is 6.90.